The van der Waals surface area contributed by atoms with Crippen LogP contribution >= 0.6 is 0 Å². The van der Waals surface area contributed by atoms with Crippen molar-refractivity contribution in [3.63, 3.8) is 0 Å². The van der Waals surface area contributed by atoms with Gasteiger partial charge in [-0.15, -0.1) is 5.10 Å². The second-order valence-corrected chi connectivity index (χ2v) is 7.34. The number of sulfone groups is 1. The van der Waals surface area contributed by atoms with E-state index < -0.39 is 15.1 Å². The van der Waals surface area contributed by atoms with Gasteiger partial charge in [-0.1, -0.05) is 12.1 Å². The lowest BCUT2D eigenvalue weighted by molar-refractivity contribution is 0.534. The third kappa shape index (κ3) is 2.38. The maximum atomic E-state index is 11.9. The van der Waals surface area contributed by atoms with Gasteiger partial charge in [-0.25, -0.2) is 13.1 Å². The number of hydrogen-bond donors (Lipinski definition) is 1. The van der Waals surface area contributed by atoms with Gasteiger partial charge >= 0.3 is 0 Å². The third-order valence-corrected chi connectivity index (χ3v) is 5.77. The van der Waals surface area contributed by atoms with Gasteiger partial charge in [0.15, 0.2) is 15.7 Å². The second-order valence-electron chi connectivity index (χ2n) is 4.94. The number of anilines is 1. The zero-order chi connectivity index (χ0) is 14.2. The van der Waals surface area contributed by atoms with Crippen molar-refractivity contribution >= 4 is 15.5 Å². The van der Waals surface area contributed by atoms with E-state index >= 15 is 0 Å². The molecule has 1 unspecified atom stereocenters. The molecule has 1 atom stereocenters. The highest BCUT2D eigenvalue weighted by atomic mass is 32.2. The lowest BCUT2D eigenvalue weighted by Gasteiger charge is -2.10. The van der Waals surface area contributed by atoms with Gasteiger partial charge in [-0.05, 0) is 35.4 Å². The molecule has 1 aromatic heterocycles. The van der Waals surface area contributed by atoms with Crippen LogP contribution in [0.15, 0.2) is 24.3 Å². The number of nitrogens with zero attached hydrogens (tertiary/aromatic N) is 4. The summed E-state index contributed by atoms with van der Waals surface area (Å²) in [6, 6.07) is 7.21. The van der Waals surface area contributed by atoms with E-state index in [1.54, 1.807) is 16.8 Å². The Kier molecular flexibility index (Phi) is 3.17. The molecule has 0 amide bonds. The predicted molar refractivity (Wildman–Crippen MR) is 74.5 cm³/mol. The van der Waals surface area contributed by atoms with Crippen LogP contribution in [0.4, 0.5) is 5.69 Å². The van der Waals surface area contributed by atoms with Gasteiger partial charge in [0.05, 0.1) is 17.5 Å². The Morgan fingerprint density at radius 3 is 2.95 bits per heavy atom. The van der Waals surface area contributed by atoms with Crippen LogP contribution in [0.1, 0.15) is 12.8 Å². The molecule has 1 aliphatic rings. The Balaban J connectivity index is 1.91. The van der Waals surface area contributed by atoms with Gasteiger partial charge in [0.1, 0.15) is 0 Å². The van der Waals surface area contributed by atoms with Gasteiger partial charge in [-0.3, -0.25) is 0 Å². The molecule has 2 aromatic rings. The first-order valence-electron chi connectivity index (χ1n) is 6.40. The maximum Gasteiger partial charge on any atom is 0.182 e. The molecule has 1 aliphatic heterocycles. The van der Waals surface area contributed by atoms with E-state index in [2.05, 4.69) is 15.5 Å². The van der Waals surface area contributed by atoms with E-state index in [-0.39, 0.29) is 5.75 Å². The summed E-state index contributed by atoms with van der Waals surface area (Å²) in [4.78, 5) is 0. The first kappa shape index (κ1) is 13.0. The zero-order valence-electron chi connectivity index (χ0n) is 10.8. The van der Waals surface area contributed by atoms with E-state index in [1.165, 1.54) is 0 Å². The number of benzene rings is 1. The Bertz CT molecular complexity index is 725. The topological polar surface area (TPSA) is 104 Å². The SMILES string of the molecule is Nc1cccc(-c2nnnn2CC2CCCS2(=O)=O)c1. The Morgan fingerprint density at radius 1 is 1.40 bits per heavy atom. The summed E-state index contributed by atoms with van der Waals surface area (Å²) in [6.07, 6.45) is 1.38. The maximum absolute atomic E-state index is 11.9. The first-order chi connectivity index (χ1) is 9.56. The minimum Gasteiger partial charge on any atom is -0.399 e. The number of aromatic nitrogens is 4. The van der Waals surface area contributed by atoms with Crippen molar-refractivity contribution in [3.8, 4) is 11.4 Å². The first-order valence-corrected chi connectivity index (χ1v) is 8.11. The predicted octanol–water partition coefficient (Wildman–Crippen LogP) is 0.499. The van der Waals surface area contributed by atoms with Gasteiger partial charge in [-0.2, -0.15) is 0 Å². The molecular weight excluding hydrogens is 278 g/mol. The molecule has 0 aliphatic carbocycles. The largest absolute Gasteiger partial charge is 0.399 e. The summed E-state index contributed by atoms with van der Waals surface area (Å²) in [5.74, 6) is 0.798. The fourth-order valence-electron chi connectivity index (χ4n) is 2.47. The quantitative estimate of drug-likeness (QED) is 0.826. The van der Waals surface area contributed by atoms with E-state index in [0.717, 1.165) is 5.56 Å². The van der Waals surface area contributed by atoms with Gasteiger partial charge in [0, 0.05) is 11.3 Å². The molecule has 1 fully saturated rings. The molecule has 3 rings (SSSR count). The summed E-state index contributed by atoms with van der Waals surface area (Å²) >= 11 is 0. The molecule has 1 saturated heterocycles. The molecule has 0 saturated carbocycles. The van der Waals surface area contributed by atoms with Crippen LogP contribution < -0.4 is 5.73 Å². The van der Waals surface area contributed by atoms with Crippen molar-refractivity contribution in [1.82, 2.24) is 20.2 Å². The number of nitrogens with two attached hydrogens (primary N) is 1. The fourth-order valence-corrected chi connectivity index (χ4v) is 4.26. The van der Waals surface area contributed by atoms with Gasteiger partial charge in [0.2, 0.25) is 0 Å². The van der Waals surface area contributed by atoms with E-state index in [0.29, 0.717) is 30.9 Å². The van der Waals surface area contributed by atoms with Crippen molar-refractivity contribution in [2.24, 2.45) is 0 Å². The zero-order valence-corrected chi connectivity index (χ0v) is 11.6. The van der Waals surface area contributed by atoms with Crippen molar-refractivity contribution in [2.75, 3.05) is 11.5 Å². The average molecular weight is 293 g/mol. The van der Waals surface area contributed by atoms with E-state index in [1.807, 2.05) is 12.1 Å². The fraction of sp³-hybridized carbons (Fsp3) is 0.417. The molecule has 2 heterocycles. The highest BCUT2D eigenvalue weighted by Gasteiger charge is 2.32. The van der Waals surface area contributed by atoms with Gasteiger partial charge in [0.25, 0.3) is 0 Å². The molecule has 0 radical (unpaired) electrons. The molecule has 8 heteroatoms. The average Bonchev–Trinajstić information content (AvgIpc) is 2.97. The lowest BCUT2D eigenvalue weighted by Crippen LogP contribution is -2.23. The van der Waals surface area contributed by atoms with Crippen LogP contribution in [0.3, 0.4) is 0 Å². The monoisotopic (exact) mass is 293 g/mol. The molecule has 106 valence electrons. The van der Waals surface area contributed by atoms with Crippen LogP contribution in [-0.4, -0.2) is 39.6 Å². The molecule has 2 N–H and O–H groups in total. The Hall–Kier alpha value is -1.96. The van der Waals surface area contributed by atoms with Crippen LogP contribution in [0, 0.1) is 0 Å². The minimum atomic E-state index is -3.01. The lowest BCUT2D eigenvalue weighted by atomic mass is 10.2. The normalized spacial score (nSPS) is 21.1. The summed E-state index contributed by atoms with van der Waals surface area (Å²) in [5.41, 5.74) is 7.15. The highest BCUT2D eigenvalue weighted by molar-refractivity contribution is 7.92. The Labute approximate surface area is 116 Å². The molecule has 0 spiro atoms. The highest BCUT2D eigenvalue weighted by Crippen LogP contribution is 2.24. The van der Waals surface area contributed by atoms with E-state index in [4.69, 9.17) is 5.73 Å². The van der Waals surface area contributed by atoms with Crippen molar-refractivity contribution in [2.45, 2.75) is 24.6 Å². The van der Waals surface area contributed by atoms with Crippen LogP contribution in [0.25, 0.3) is 11.4 Å². The van der Waals surface area contributed by atoms with Crippen LogP contribution in [-0.2, 0) is 16.4 Å². The summed E-state index contributed by atoms with van der Waals surface area (Å²) in [6.45, 7) is 0.291. The van der Waals surface area contributed by atoms with Crippen molar-refractivity contribution in [1.29, 1.82) is 0 Å². The van der Waals surface area contributed by atoms with Crippen LogP contribution in [0.2, 0.25) is 0 Å². The smallest absolute Gasteiger partial charge is 0.182 e. The van der Waals surface area contributed by atoms with Crippen LogP contribution in [0.5, 0.6) is 0 Å². The minimum absolute atomic E-state index is 0.257. The molecule has 0 bridgehead atoms. The third-order valence-electron chi connectivity index (χ3n) is 3.52. The Morgan fingerprint density at radius 2 is 2.25 bits per heavy atom. The summed E-state index contributed by atoms with van der Waals surface area (Å²) < 4.78 is 25.3. The number of nitrogen functional groups attached to an aromatic ring is 1. The molecular formula is C12H15N5O2S. The van der Waals surface area contributed by atoms with Gasteiger partial charge < -0.3 is 5.73 Å². The second kappa shape index (κ2) is 4.86. The van der Waals surface area contributed by atoms with Crippen molar-refractivity contribution < 1.29 is 8.42 Å². The molecule has 1 aromatic carbocycles. The number of hydrogen-bond acceptors (Lipinski definition) is 6. The summed E-state index contributed by atoms with van der Waals surface area (Å²) in [7, 11) is -3.01. The number of rotatable bonds is 3. The standard InChI is InChI=1S/C12H15N5O2S/c13-10-4-1-3-9(7-10)12-14-15-16-17(12)8-11-5-2-6-20(11,18)19/h1,3-4,7,11H,2,5-6,8,13H2. The molecule has 20 heavy (non-hydrogen) atoms. The number of tetrazole rings is 1. The van der Waals surface area contributed by atoms with Crippen molar-refractivity contribution in [3.05, 3.63) is 24.3 Å². The van der Waals surface area contributed by atoms with E-state index in [9.17, 15) is 8.42 Å². The summed E-state index contributed by atoms with van der Waals surface area (Å²) in [5, 5.41) is 11.1. The molecule has 7 nitrogen and oxygen atoms in total.